The molecule has 0 atom stereocenters. The van der Waals surface area contributed by atoms with Crippen LogP contribution in [-0.4, -0.2) is 11.1 Å². The molecule has 0 aliphatic heterocycles. The number of nitrogens with one attached hydrogen (secondary N) is 1. The van der Waals surface area contributed by atoms with E-state index in [1.165, 1.54) is 11.3 Å². The normalized spacial score (nSPS) is 10.5. The zero-order valence-corrected chi connectivity index (χ0v) is 12.1. The van der Waals surface area contributed by atoms with Gasteiger partial charge in [-0.05, 0) is 30.5 Å². The summed E-state index contributed by atoms with van der Waals surface area (Å²) >= 11 is 1.47. The van der Waals surface area contributed by atoms with Gasteiger partial charge in [-0.25, -0.2) is 0 Å². The summed E-state index contributed by atoms with van der Waals surface area (Å²) in [7, 11) is 0. The predicted molar refractivity (Wildman–Crippen MR) is 83.4 cm³/mol. The van der Waals surface area contributed by atoms with Gasteiger partial charge < -0.3 is 15.6 Å². The second kappa shape index (κ2) is 5.41. The molecule has 0 fully saturated rings. The maximum absolute atomic E-state index is 12.4. The summed E-state index contributed by atoms with van der Waals surface area (Å²) in [6.45, 7) is 1.98. The summed E-state index contributed by atoms with van der Waals surface area (Å²) in [5.41, 5.74) is 8.29. The fraction of sp³-hybridized carbons (Fsp3) is 0.0667. The number of rotatable bonds is 3. The molecule has 5 nitrogen and oxygen atoms in total. The van der Waals surface area contributed by atoms with Crippen LogP contribution in [0.4, 0.5) is 11.6 Å². The molecule has 0 unspecified atom stereocenters. The average Bonchev–Trinajstić information content (AvgIpc) is 3.10. The summed E-state index contributed by atoms with van der Waals surface area (Å²) in [6.07, 6.45) is 0. The van der Waals surface area contributed by atoms with Gasteiger partial charge in [0.05, 0.1) is 4.88 Å². The van der Waals surface area contributed by atoms with Crippen molar-refractivity contribution in [2.75, 3.05) is 11.1 Å². The van der Waals surface area contributed by atoms with Gasteiger partial charge in [0, 0.05) is 5.69 Å². The Labute approximate surface area is 125 Å². The summed E-state index contributed by atoms with van der Waals surface area (Å²) in [6, 6.07) is 11.3. The molecule has 2 heterocycles. The van der Waals surface area contributed by atoms with Crippen LogP contribution in [0.15, 0.2) is 46.3 Å². The molecule has 3 N–H and O–H groups in total. The number of thiophene rings is 1. The van der Waals surface area contributed by atoms with Crippen molar-refractivity contribution in [3.8, 4) is 10.6 Å². The first-order valence-electron chi connectivity index (χ1n) is 6.32. The lowest BCUT2D eigenvalue weighted by molar-refractivity contribution is 0.102. The number of amides is 1. The fourth-order valence-electron chi connectivity index (χ4n) is 1.93. The molecule has 6 heteroatoms. The number of aromatic nitrogens is 1. The number of carbonyl (C=O) groups is 1. The zero-order chi connectivity index (χ0) is 14.8. The molecule has 0 aliphatic carbocycles. The van der Waals surface area contributed by atoms with Crippen molar-refractivity contribution < 1.29 is 9.32 Å². The Kier molecular flexibility index (Phi) is 3.45. The van der Waals surface area contributed by atoms with Crippen LogP contribution in [0.1, 0.15) is 15.9 Å². The lowest BCUT2D eigenvalue weighted by Crippen LogP contribution is -2.13. The quantitative estimate of drug-likeness (QED) is 0.775. The van der Waals surface area contributed by atoms with Gasteiger partial charge in [-0.15, -0.1) is 11.3 Å². The van der Waals surface area contributed by atoms with E-state index in [-0.39, 0.29) is 17.4 Å². The summed E-state index contributed by atoms with van der Waals surface area (Å²) in [5.74, 6) is -0.316. The van der Waals surface area contributed by atoms with Gasteiger partial charge in [0.25, 0.3) is 5.91 Å². The zero-order valence-electron chi connectivity index (χ0n) is 11.3. The maximum Gasteiger partial charge on any atom is 0.263 e. The van der Waals surface area contributed by atoms with E-state index in [1.54, 1.807) is 0 Å². The van der Waals surface area contributed by atoms with E-state index in [4.69, 9.17) is 10.3 Å². The second-order valence-corrected chi connectivity index (χ2v) is 5.52. The highest BCUT2D eigenvalue weighted by Gasteiger charge is 2.23. The molecule has 0 spiro atoms. The number of nitrogens with two attached hydrogens (primary N) is 1. The molecule has 0 saturated carbocycles. The molecule has 21 heavy (non-hydrogen) atoms. The first kappa shape index (κ1) is 13.4. The second-order valence-electron chi connectivity index (χ2n) is 4.57. The van der Waals surface area contributed by atoms with Crippen molar-refractivity contribution in [1.82, 2.24) is 5.16 Å². The molecule has 0 bridgehead atoms. The molecule has 2 aromatic heterocycles. The third-order valence-electron chi connectivity index (χ3n) is 3.01. The third kappa shape index (κ3) is 2.66. The number of hydrogen-bond acceptors (Lipinski definition) is 5. The van der Waals surface area contributed by atoms with E-state index in [0.717, 1.165) is 10.4 Å². The summed E-state index contributed by atoms with van der Waals surface area (Å²) in [5, 5.41) is 8.59. The van der Waals surface area contributed by atoms with Crippen molar-refractivity contribution in [2.24, 2.45) is 0 Å². The van der Waals surface area contributed by atoms with E-state index in [1.807, 2.05) is 48.7 Å². The molecule has 0 saturated heterocycles. The lowest BCUT2D eigenvalue weighted by Gasteiger charge is -2.05. The van der Waals surface area contributed by atoms with Gasteiger partial charge in [0.2, 0.25) is 5.88 Å². The molecule has 0 aliphatic rings. The third-order valence-corrected chi connectivity index (χ3v) is 3.89. The van der Waals surface area contributed by atoms with Crippen molar-refractivity contribution in [3.63, 3.8) is 0 Å². The van der Waals surface area contributed by atoms with Crippen LogP contribution in [0.5, 0.6) is 0 Å². The Bertz CT molecular complexity index is 761. The Morgan fingerprint density at radius 1 is 1.29 bits per heavy atom. The van der Waals surface area contributed by atoms with Crippen LogP contribution in [0.25, 0.3) is 10.6 Å². The van der Waals surface area contributed by atoms with Gasteiger partial charge in [0.1, 0.15) is 11.3 Å². The van der Waals surface area contributed by atoms with Crippen LogP contribution >= 0.6 is 11.3 Å². The standard InChI is InChI=1S/C15H13N3O2S/c1-9-4-6-10(7-5-9)17-15(19)12-13(18-20-14(12)16)11-3-2-8-21-11/h2-8H,16H2,1H3,(H,17,19). The maximum atomic E-state index is 12.4. The van der Waals surface area contributed by atoms with Crippen LogP contribution in [0.3, 0.4) is 0 Å². The Hall–Kier alpha value is -2.60. The van der Waals surface area contributed by atoms with Gasteiger partial charge in [-0.3, -0.25) is 4.79 Å². The minimum absolute atomic E-state index is 0.0167. The number of anilines is 2. The minimum Gasteiger partial charge on any atom is -0.367 e. The number of nitrogens with zero attached hydrogens (tertiary/aromatic N) is 1. The molecule has 3 rings (SSSR count). The number of nitrogen functional groups attached to an aromatic ring is 1. The van der Waals surface area contributed by atoms with Gasteiger partial charge in [-0.1, -0.05) is 28.9 Å². The first-order valence-corrected chi connectivity index (χ1v) is 7.20. The van der Waals surface area contributed by atoms with Crippen molar-refractivity contribution in [1.29, 1.82) is 0 Å². The highest BCUT2D eigenvalue weighted by Crippen LogP contribution is 2.30. The topological polar surface area (TPSA) is 81.2 Å². The van der Waals surface area contributed by atoms with Crippen LogP contribution in [-0.2, 0) is 0 Å². The monoisotopic (exact) mass is 299 g/mol. The van der Waals surface area contributed by atoms with Crippen molar-refractivity contribution in [3.05, 3.63) is 52.9 Å². The number of aryl methyl sites for hydroxylation is 1. The lowest BCUT2D eigenvalue weighted by atomic mass is 10.1. The molecule has 106 valence electrons. The molecule has 3 aromatic rings. The predicted octanol–water partition coefficient (Wildman–Crippen LogP) is 3.55. The van der Waals surface area contributed by atoms with Crippen LogP contribution in [0.2, 0.25) is 0 Å². The first-order chi connectivity index (χ1) is 10.1. The van der Waals surface area contributed by atoms with E-state index in [9.17, 15) is 4.79 Å². The van der Waals surface area contributed by atoms with E-state index >= 15 is 0 Å². The number of carbonyl (C=O) groups excluding carboxylic acids is 1. The Balaban J connectivity index is 1.91. The Morgan fingerprint density at radius 2 is 2.05 bits per heavy atom. The summed E-state index contributed by atoms with van der Waals surface area (Å²) < 4.78 is 4.97. The number of benzene rings is 1. The van der Waals surface area contributed by atoms with Crippen LogP contribution in [0, 0.1) is 6.92 Å². The van der Waals surface area contributed by atoms with E-state index in [2.05, 4.69) is 10.5 Å². The van der Waals surface area contributed by atoms with E-state index < -0.39 is 0 Å². The fourth-order valence-corrected chi connectivity index (χ4v) is 2.65. The largest absolute Gasteiger partial charge is 0.367 e. The van der Waals surface area contributed by atoms with E-state index in [0.29, 0.717) is 11.4 Å². The Morgan fingerprint density at radius 3 is 2.71 bits per heavy atom. The molecule has 1 amide bonds. The molecular formula is C15H13N3O2S. The molecular weight excluding hydrogens is 286 g/mol. The highest BCUT2D eigenvalue weighted by molar-refractivity contribution is 7.13. The van der Waals surface area contributed by atoms with Gasteiger partial charge in [0.15, 0.2) is 0 Å². The van der Waals surface area contributed by atoms with Crippen molar-refractivity contribution in [2.45, 2.75) is 6.92 Å². The van der Waals surface area contributed by atoms with Gasteiger partial charge >= 0.3 is 0 Å². The van der Waals surface area contributed by atoms with Gasteiger partial charge in [-0.2, -0.15) is 0 Å². The van der Waals surface area contributed by atoms with Crippen LogP contribution < -0.4 is 11.1 Å². The SMILES string of the molecule is Cc1ccc(NC(=O)c2c(-c3cccs3)noc2N)cc1. The summed E-state index contributed by atoms with van der Waals surface area (Å²) in [4.78, 5) is 13.2. The smallest absolute Gasteiger partial charge is 0.263 e. The molecule has 1 aromatic carbocycles. The van der Waals surface area contributed by atoms with Crippen molar-refractivity contribution >= 4 is 28.8 Å². The number of hydrogen-bond donors (Lipinski definition) is 2. The molecule has 0 radical (unpaired) electrons. The average molecular weight is 299 g/mol. The minimum atomic E-state index is -0.332. The highest BCUT2D eigenvalue weighted by atomic mass is 32.1.